The molecule has 31 heavy (non-hydrogen) atoms. The lowest BCUT2D eigenvalue weighted by Gasteiger charge is -2.33. The van der Waals surface area contributed by atoms with Crippen molar-refractivity contribution in [2.24, 2.45) is 0 Å². The highest BCUT2D eigenvalue weighted by Crippen LogP contribution is 2.30. The molecule has 0 spiro atoms. The Morgan fingerprint density at radius 2 is 1.94 bits per heavy atom. The predicted molar refractivity (Wildman–Crippen MR) is 125 cm³/mol. The summed E-state index contributed by atoms with van der Waals surface area (Å²) >= 11 is 6.02. The van der Waals surface area contributed by atoms with Gasteiger partial charge in [0.15, 0.2) is 5.78 Å². The van der Waals surface area contributed by atoms with Crippen LogP contribution in [0.3, 0.4) is 0 Å². The fourth-order valence-corrected chi connectivity index (χ4v) is 4.16. The third-order valence-electron chi connectivity index (χ3n) is 5.73. The molecule has 168 valence electrons. The molecule has 0 fully saturated rings. The Bertz CT molecular complexity index is 891. The number of unbranched alkanes of at least 4 members (excludes halogenated alkanes) is 2. The zero-order chi connectivity index (χ0) is 22.4. The molecule has 1 aromatic heterocycles. The quantitative estimate of drug-likeness (QED) is 0.471. The van der Waals surface area contributed by atoms with E-state index in [-0.39, 0.29) is 24.3 Å². The summed E-state index contributed by atoms with van der Waals surface area (Å²) in [4.78, 5) is 29.5. The van der Waals surface area contributed by atoms with E-state index in [1.165, 1.54) is 0 Å². The minimum absolute atomic E-state index is 0.0925. The van der Waals surface area contributed by atoms with Crippen LogP contribution < -0.4 is 0 Å². The van der Waals surface area contributed by atoms with Crippen LogP contribution in [0, 0.1) is 0 Å². The average Bonchev–Trinajstić information content (AvgIpc) is 3.17. The van der Waals surface area contributed by atoms with Gasteiger partial charge >= 0.3 is 0 Å². The van der Waals surface area contributed by atoms with E-state index in [0.29, 0.717) is 23.7 Å². The summed E-state index contributed by atoms with van der Waals surface area (Å²) in [5.74, 6) is 0.00816. The maximum atomic E-state index is 13.2. The SMILES string of the molecule is CCCCCC1CN(CC(=O)CCCN(C)C)C(=O)c2cc(-c3ccc(Cl)cc3)nn21. The molecule has 1 aliphatic rings. The molecular weight excluding hydrogens is 412 g/mol. The molecule has 1 unspecified atom stereocenters. The first kappa shape index (κ1) is 23.5. The largest absolute Gasteiger partial charge is 0.328 e. The normalized spacial score (nSPS) is 16.1. The maximum Gasteiger partial charge on any atom is 0.272 e. The third kappa shape index (κ3) is 6.17. The van der Waals surface area contributed by atoms with Crippen molar-refractivity contribution < 1.29 is 9.59 Å². The number of aromatic nitrogens is 2. The standard InChI is InChI=1S/C24H33ClN4O2/c1-4-5-6-8-20-16-28(17-21(30)9-7-14-27(2)3)24(31)23-15-22(26-29(20)23)18-10-12-19(25)13-11-18/h10-13,15,20H,4-9,14,16-17H2,1-3H3. The Kier molecular flexibility index (Phi) is 8.27. The van der Waals surface area contributed by atoms with Gasteiger partial charge in [-0.15, -0.1) is 0 Å². The number of nitrogens with zero attached hydrogens (tertiary/aromatic N) is 4. The van der Waals surface area contributed by atoms with Gasteiger partial charge in [-0.05, 0) is 51.7 Å². The van der Waals surface area contributed by atoms with Crippen molar-refractivity contribution in [3.63, 3.8) is 0 Å². The van der Waals surface area contributed by atoms with E-state index >= 15 is 0 Å². The lowest BCUT2D eigenvalue weighted by Crippen LogP contribution is -2.45. The number of fused-ring (bicyclic) bond motifs is 1. The fourth-order valence-electron chi connectivity index (χ4n) is 4.04. The zero-order valence-corrected chi connectivity index (χ0v) is 19.6. The van der Waals surface area contributed by atoms with Crippen LogP contribution in [0.2, 0.25) is 5.02 Å². The van der Waals surface area contributed by atoms with Crippen LogP contribution in [0.4, 0.5) is 0 Å². The Labute approximate surface area is 190 Å². The first-order valence-electron chi connectivity index (χ1n) is 11.2. The number of rotatable bonds is 11. The van der Waals surface area contributed by atoms with Gasteiger partial charge in [0.1, 0.15) is 5.69 Å². The smallest absolute Gasteiger partial charge is 0.272 e. The first-order valence-corrected chi connectivity index (χ1v) is 11.6. The molecule has 2 heterocycles. The molecule has 1 aliphatic heterocycles. The summed E-state index contributed by atoms with van der Waals surface area (Å²) in [5, 5.41) is 5.45. The topological polar surface area (TPSA) is 58.4 Å². The number of ketones is 1. The Balaban J connectivity index is 1.79. The Morgan fingerprint density at radius 1 is 1.19 bits per heavy atom. The van der Waals surface area contributed by atoms with E-state index in [9.17, 15) is 9.59 Å². The maximum absolute atomic E-state index is 13.2. The predicted octanol–water partition coefficient (Wildman–Crippen LogP) is 4.69. The van der Waals surface area contributed by atoms with Gasteiger partial charge in [0.05, 0.1) is 18.3 Å². The van der Waals surface area contributed by atoms with Crippen LogP contribution in [-0.2, 0) is 4.79 Å². The second-order valence-electron chi connectivity index (χ2n) is 8.65. The molecule has 6 nitrogen and oxygen atoms in total. The molecule has 3 rings (SSSR count). The van der Waals surface area contributed by atoms with Gasteiger partial charge in [-0.1, -0.05) is 49.9 Å². The molecule has 0 saturated carbocycles. The monoisotopic (exact) mass is 444 g/mol. The number of benzene rings is 1. The summed E-state index contributed by atoms with van der Waals surface area (Å²) < 4.78 is 1.88. The van der Waals surface area contributed by atoms with Crippen molar-refractivity contribution in [2.75, 3.05) is 33.7 Å². The number of hydrogen-bond donors (Lipinski definition) is 0. The van der Waals surface area contributed by atoms with Gasteiger partial charge in [-0.2, -0.15) is 5.10 Å². The molecule has 0 bridgehead atoms. The van der Waals surface area contributed by atoms with E-state index in [1.54, 1.807) is 4.90 Å². The number of carbonyl (C=O) groups is 2. The third-order valence-corrected chi connectivity index (χ3v) is 5.98. The highest BCUT2D eigenvalue weighted by molar-refractivity contribution is 6.30. The van der Waals surface area contributed by atoms with Crippen molar-refractivity contribution in [3.05, 3.63) is 41.0 Å². The van der Waals surface area contributed by atoms with Crippen molar-refractivity contribution in [1.29, 1.82) is 0 Å². The summed E-state index contributed by atoms with van der Waals surface area (Å²) in [6.45, 7) is 3.77. The van der Waals surface area contributed by atoms with Crippen LogP contribution in [0.25, 0.3) is 11.3 Å². The molecule has 2 aromatic rings. The van der Waals surface area contributed by atoms with Crippen molar-refractivity contribution >= 4 is 23.3 Å². The molecule has 1 amide bonds. The average molecular weight is 445 g/mol. The van der Waals surface area contributed by atoms with Crippen LogP contribution in [0.5, 0.6) is 0 Å². The van der Waals surface area contributed by atoms with E-state index in [0.717, 1.165) is 49.9 Å². The summed E-state index contributed by atoms with van der Waals surface area (Å²) in [6.07, 6.45) is 5.62. The molecule has 0 radical (unpaired) electrons. The summed E-state index contributed by atoms with van der Waals surface area (Å²) in [7, 11) is 4.00. The van der Waals surface area contributed by atoms with Gasteiger partial charge in [-0.25, -0.2) is 0 Å². The highest BCUT2D eigenvalue weighted by Gasteiger charge is 2.33. The molecule has 0 saturated heterocycles. The molecule has 1 aromatic carbocycles. The first-order chi connectivity index (χ1) is 14.9. The minimum Gasteiger partial charge on any atom is -0.328 e. The van der Waals surface area contributed by atoms with E-state index in [4.69, 9.17) is 16.7 Å². The lowest BCUT2D eigenvalue weighted by molar-refractivity contribution is -0.120. The highest BCUT2D eigenvalue weighted by atomic mass is 35.5. The van der Waals surface area contributed by atoms with Crippen molar-refractivity contribution in [2.45, 2.75) is 51.5 Å². The number of hydrogen-bond acceptors (Lipinski definition) is 4. The van der Waals surface area contributed by atoms with Crippen molar-refractivity contribution in [3.8, 4) is 11.3 Å². The number of amides is 1. The van der Waals surface area contributed by atoms with Gasteiger partial charge < -0.3 is 9.80 Å². The summed E-state index contributed by atoms with van der Waals surface area (Å²) in [6, 6.07) is 9.43. The Hall–Kier alpha value is -2.18. The molecule has 0 N–H and O–H groups in total. The van der Waals surface area contributed by atoms with Crippen LogP contribution >= 0.6 is 11.6 Å². The van der Waals surface area contributed by atoms with Gasteiger partial charge in [0.25, 0.3) is 5.91 Å². The summed E-state index contributed by atoms with van der Waals surface area (Å²) in [5.41, 5.74) is 2.26. The van der Waals surface area contributed by atoms with Gasteiger partial charge in [0, 0.05) is 23.6 Å². The van der Waals surface area contributed by atoms with Crippen LogP contribution in [0.1, 0.15) is 62.0 Å². The number of halogens is 1. The second kappa shape index (κ2) is 10.9. The zero-order valence-electron chi connectivity index (χ0n) is 18.8. The van der Waals surface area contributed by atoms with E-state index < -0.39 is 0 Å². The minimum atomic E-state index is -0.111. The number of carbonyl (C=O) groups excluding carboxylic acids is 2. The van der Waals surface area contributed by atoms with Crippen LogP contribution in [-0.4, -0.2) is 65.0 Å². The fraction of sp³-hybridized carbons (Fsp3) is 0.542. The van der Waals surface area contributed by atoms with Crippen LogP contribution in [0.15, 0.2) is 30.3 Å². The lowest BCUT2D eigenvalue weighted by atomic mass is 10.0. The molecular formula is C24H33ClN4O2. The number of Topliss-reactive ketones (excluding diaryl/α,β-unsaturated/α-hetero) is 1. The molecule has 1 atom stereocenters. The second-order valence-corrected chi connectivity index (χ2v) is 9.08. The van der Waals surface area contributed by atoms with Gasteiger partial charge in [-0.3, -0.25) is 14.3 Å². The molecule has 7 heteroatoms. The molecule has 0 aliphatic carbocycles. The van der Waals surface area contributed by atoms with E-state index in [1.807, 2.05) is 49.1 Å². The Morgan fingerprint density at radius 3 is 2.61 bits per heavy atom. The van der Waals surface area contributed by atoms with E-state index in [2.05, 4.69) is 11.8 Å². The van der Waals surface area contributed by atoms with Crippen molar-refractivity contribution in [1.82, 2.24) is 19.6 Å². The van der Waals surface area contributed by atoms with Gasteiger partial charge in [0.2, 0.25) is 0 Å².